The fraction of sp³-hybridized carbons (Fsp3) is 0. The zero-order chi connectivity index (χ0) is 14.7. The van der Waals surface area contributed by atoms with Crippen LogP contribution in [0.25, 0.3) is 0 Å². The summed E-state index contributed by atoms with van der Waals surface area (Å²) in [5, 5.41) is 22.7. The van der Waals surface area contributed by atoms with Crippen LogP contribution in [-0.4, -0.2) is 16.0 Å². The van der Waals surface area contributed by atoms with Crippen LogP contribution < -0.4 is 11.1 Å². The van der Waals surface area contributed by atoms with Gasteiger partial charge in [-0.25, -0.2) is 4.79 Å². The molecule has 0 radical (unpaired) electrons. The van der Waals surface area contributed by atoms with E-state index in [1.807, 2.05) is 0 Å². The van der Waals surface area contributed by atoms with Crippen LogP contribution in [0.1, 0.15) is 10.4 Å². The summed E-state index contributed by atoms with van der Waals surface area (Å²) in [4.78, 5) is 21.2. The van der Waals surface area contributed by atoms with Gasteiger partial charge in [0.25, 0.3) is 5.69 Å². The lowest BCUT2D eigenvalue weighted by Crippen LogP contribution is -2.01. The SMILES string of the molecule is Nc1ccc(Nc2ccc(C(=O)O)cc2[N+](=O)[O-])cc1. The number of nitro groups is 1. The summed E-state index contributed by atoms with van der Waals surface area (Å²) >= 11 is 0. The second-order valence-electron chi connectivity index (χ2n) is 4.04. The van der Waals surface area contributed by atoms with Gasteiger partial charge >= 0.3 is 5.97 Å². The monoisotopic (exact) mass is 273 g/mol. The first-order chi connectivity index (χ1) is 9.47. The maximum absolute atomic E-state index is 11.0. The van der Waals surface area contributed by atoms with E-state index in [0.29, 0.717) is 11.4 Å². The summed E-state index contributed by atoms with van der Waals surface area (Å²) in [6.07, 6.45) is 0. The molecule has 0 bridgehead atoms. The smallest absolute Gasteiger partial charge is 0.335 e. The average Bonchev–Trinajstić information content (AvgIpc) is 2.41. The van der Waals surface area contributed by atoms with Gasteiger partial charge in [-0.1, -0.05) is 0 Å². The lowest BCUT2D eigenvalue weighted by Gasteiger charge is -2.08. The van der Waals surface area contributed by atoms with Crippen molar-refractivity contribution in [2.75, 3.05) is 11.1 Å². The van der Waals surface area contributed by atoms with Crippen molar-refractivity contribution in [1.29, 1.82) is 0 Å². The van der Waals surface area contributed by atoms with Gasteiger partial charge in [0.05, 0.1) is 10.5 Å². The quantitative estimate of drug-likeness (QED) is 0.447. The second-order valence-corrected chi connectivity index (χ2v) is 4.04. The number of hydrogen-bond acceptors (Lipinski definition) is 5. The van der Waals surface area contributed by atoms with Crippen molar-refractivity contribution in [1.82, 2.24) is 0 Å². The number of aromatic carboxylic acids is 1. The largest absolute Gasteiger partial charge is 0.478 e. The Labute approximate surface area is 113 Å². The van der Waals surface area contributed by atoms with Crippen molar-refractivity contribution in [2.24, 2.45) is 0 Å². The van der Waals surface area contributed by atoms with Gasteiger partial charge in [-0.2, -0.15) is 0 Å². The molecular formula is C13H11N3O4. The molecule has 0 unspecified atom stereocenters. The van der Waals surface area contributed by atoms with Gasteiger partial charge in [0, 0.05) is 17.4 Å². The summed E-state index contributed by atoms with van der Waals surface area (Å²) in [6.45, 7) is 0. The van der Waals surface area contributed by atoms with E-state index in [-0.39, 0.29) is 16.9 Å². The number of carbonyl (C=O) groups is 1. The van der Waals surface area contributed by atoms with Crippen LogP contribution >= 0.6 is 0 Å². The first-order valence-corrected chi connectivity index (χ1v) is 5.61. The Balaban J connectivity index is 2.38. The Kier molecular flexibility index (Phi) is 3.52. The Morgan fingerprint density at radius 3 is 2.40 bits per heavy atom. The number of carboxylic acids is 1. The zero-order valence-corrected chi connectivity index (χ0v) is 10.2. The van der Waals surface area contributed by atoms with Crippen molar-refractivity contribution in [3.05, 3.63) is 58.1 Å². The Bertz CT molecular complexity index is 668. The standard InChI is InChI=1S/C13H11N3O4/c14-9-2-4-10(5-3-9)15-11-6-1-8(13(17)18)7-12(11)16(19)20/h1-7,15H,14H2,(H,17,18). The minimum absolute atomic E-state index is 0.139. The molecule has 0 atom stereocenters. The van der Waals surface area contributed by atoms with Gasteiger partial charge < -0.3 is 16.2 Å². The molecule has 0 aliphatic carbocycles. The highest BCUT2D eigenvalue weighted by molar-refractivity contribution is 5.90. The van der Waals surface area contributed by atoms with Crippen LogP contribution in [0.4, 0.5) is 22.7 Å². The molecule has 0 amide bonds. The van der Waals surface area contributed by atoms with E-state index < -0.39 is 10.9 Å². The van der Waals surface area contributed by atoms with Gasteiger partial charge in [-0.3, -0.25) is 10.1 Å². The molecule has 0 aliphatic rings. The average molecular weight is 273 g/mol. The summed E-state index contributed by atoms with van der Waals surface area (Å²) in [5.74, 6) is -1.22. The molecule has 0 spiro atoms. The molecule has 0 saturated heterocycles. The molecule has 2 aromatic rings. The molecule has 7 heteroatoms. The van der Waals surface area contributed by atoms with Crippen molar-refractivity contribution in [2.45, 2.75) is 0 Å². The number of nitrogens with one attached hydrogen (secondary N) is 1. The molecule has 4 N–H and O–H groups in total. The lowest BCUT2D eigenvalue weighted by atomic mass is 10.1. The number of anilines is 3. The Morgan fingerprint density at radius 2 is 1.85 bits per heavy atom. The first-order valence-electron chi connectivity index (χ1n) is 5.61. The van der Waals surface area contributed by atoms with Crippen LogP contribution in [0, 0.1) is 10.1 Å². The minimum atomic E-state index is -1.22. The van der Waals surface area contributed by atoms with E-state index in [4.69, 9.17) is 10.8 Å². The zero-order valence-electron chi connectivity index (χ0n) is 10.2. The Morgan fingerprint density at radius 1 is 1.20 bits per heavy atom. The van der Waals surface area contributed by atoms with Gasteiger partial charge in [-0.15, -0.1) is 0 Å². The number of benzene rings is 2. The second kappa shape index (κ2) is 5.27. The predicted octanol–water partition coefficient (Wildman–Crippen LogP) is 2.62. The molecule has 102 valence electrons. The number of nitrogens with two attached hydrogens (primary N) is 1. The summed E-state index contributed by atoms with van der Waals surface area (Å²) in [5.41, 5.74) is 6.51. The fourth-order valence-electron chi connectivity index (χ4n) is 1.64. The Hall–Kier alpha value is -3.09. The number of nitrogens with zero attached hydrogens (tertiary/aromatic N) is 1. The van der Waals surface area contributed by atoms with E-state index in [0.717, 1.165) is 6.07 Å². The van der Waals surface area contributed by atoms with Gasteiger partial charge in [0.1, 0.15) is 5.69 Å². The van der Waals surface area contributed by atoms with Crippen LogP contribution in [0.3, 0.4) is 0 Å². The maximum atomic E-state index is 11.0. The predicted molar refractivity (Wildman–Crippen MR) is 74.2 cm³/mol. The molecule has 7 nitrogen and oxygen atoms in total. The van der Waals surface area contributed by atoms with E-state index in [1.54, 1.807) is 24.3 Å². The van der Waals surface area contributed by atoms with Crippen molar-refractivity contribution in [3.63, 3.8) is 0 Å². The molecule has 2 aromatic carbocycles. The third-order valence-electron chi connectivity index (χ3n) is 2.63. The third-order valence-corrected chi connectivity index (χ3v) is 2.63. The molecule has 20 heavy (non-hydrogen) atoms. The number of carboxylic acid groups (broad SMARTS) is 1. The maximum Gasteiger partial charge on any atom is 0.335 e. The molecule has 0 fully saturated rings. The normalized spacial score (nSPS) is 10.0. The first kappa shape index (κ1) is 13.3. The minimum Gasteiger partial charge on any atom is -0.478 e. The van der Waals surface area contributed by atoms with Crippen LogP contribution in [0.5, 0.6) is 0 Å². The van der Waals surface area contributed by atoms with Crippen LogP contribution in [-0.2, 0) is 0 Å². The third kappa shape index (κ3) is 2.83. The summed E-state index contributed by atoms with van der Waals surface area (Å²) in [6, 6.07) is 10.3. The molecule has 0 saturated carbocycles. The molecule has 2 rings (SSSR count). The number of hydrogen-bond donors (Lipinski definition) is 3. The van der Waals surface area contributed by atoms with E-state index >= 15 is 0 Å². The number of nitrogen functional groups attached to an aromatic ring is 1. The highest BCUT2D eigenvalue weighted by Crippen LogP contribution is 2.28. The van der Waals surface area contributed by atoms with Crippen molar-refractivity contribution < 1.29 is 14.8 Å². The molecular weight excluding hydrogens is 262 g/mol. The van der Waals surface area contributed by atoms with Crippen LogP contribution in [0.15, 0.2) is 42.5 Å². The highest BCUT2D eigenvalue weighted by Gasteiger charge is 2.17. The van der Waals surface area contributed by atoms with Gasteiger partial charge in [0.15, 0.2) is 0 Å². The number of nitro benzene ring substituents is 1. The van der Waals surface area contributed by atoms with Crippen molar-refractivity contribution >= 4 is 28.7 Å². The van der Waals surface area contributed by atoms with E-state index in [2.05, 4.69) is 5.32 Å². The summed E-state index contributed by atoms with van der Waals surface area (Å²) in [7, 11) is 0. The van der Waals surface area contributed by atoms with Gasteiger partial charge in [0.2, 0.25) is 0 Å². The van der Waals surface area contributed by atoms with Crippen LogP contribution in [0.2, 0.25) is 0 Å². The highest BCUT2D eigenvalue weighted by atomic mass is 16.6. The van der Waals surface area contributed by atoms with Gasteiger partial charge in [-0.05, 0) is 36.4 Å². The van der Waals surface area contributed by atoms with Crippen molar-refractivity contribution in [3.8, 4) is 0 Å². The molecule has 0 heterocycles. The topological polar surface area (TPSA) is 118 Å². The van der Waals surface area contributed by atoms with E-state index in [1.165, 1.54) is 12.1 Å². The molecule has 0 aromatic heterocycles. The lowest BCUT2D eigenvalue weighted by molar-refractivity contribution is -0.383. The number of rotatable bonds is 4. The van der Waals surface area contributed by atoms with E-state index in [9.17, 15) is 14.9 Å². The molecule has 0 aliphatic heterocycles. The summed E-state index contributed by atoms with van der Waals surface area (Å²) < 4.78 is 0. The fourth-order valence-corrected chi connectivity index (χ4v) is 1.64.